The van der Waals surface area contributed by atoms with Gasteiger partial charge in [-0.3, -0.25) is 14.0 Å². The molecule has 24 heavy (non-hydrogen) atoms. The predicted octanol–water partition coefficient (Wildman–Crippen LogP) is 2.00. The van der Waals surface area contributed by atoms with Gasteiger partial charge in [0.2, 0.25) is 5.91 Å². The number of aromatic nitrogens is 2. The third-order valence-corrected chi connectivity index (χ3v) is 5.08. The van der Waals surface area contributed by atoms with Crippen molar-refractivity contribution in [2.75, 3.05) is 19.6 Å². The number of carbonyl (C=O) groups is 2. The Kier molecular flexibility index (Phi) is 3.72. The highest BCUT2D eigenvalue weighted by Crippen LogP contribution is 2.41. The Morgan fingerprint density at radius 2 is 2.25 bits per heavy atom. The van der Waals surface area contributed by atoms with E-state index < -0.39 is 0 Å². The summed E-state index contributed by atoms with van der Waals surface area (Å²) in [5.74, 6) is 0.163. The fourth-order valence-corrected chi connectivity index (χ4v) is 3.46. The summed E-state index contributed by atoms with van der Waals surface area (Å²) in [7, 11) is 0. The quantitative estimate of drug-likeness (QED) is 0.924. The lowest BCUT2D eigenvalue weighted by molar-refractivity contribution is -0.123. The van der Waals surface area contributed by atoms with Gasteiger partial charge in [0.1, 0.15) is 10.8 Å². The normalized spacial score (nSPS) is 18.1. The smallest absolute Gasteiger partial charge is 0.276 e. The van der Waals surface area contributed by atoms with Crippen molar-refractivity contribution in [2.24, 2.45) is 0 Å². The third kappa shape index (κ3) is 2.55. The van der Waals surface area contributed by atoms with Crippen LogP contribution in [0.4, 0.5) is 0 Å². The Bertz CT molecular complexity index is 841. The van der Waals surface area contributed by atoms with Gasteiger partial charge in [-0.25, -0.2) is 4.98 Å². The average Bonchev–Trinajstić information content (AvgIpc) is 3.38. The first-order valence-corrected chi connectivity index (χ1v) is 8.72. The van der Waals surface area contributed by atoms with Crippen LogP contribution in [-0.4, -0.2) is 45.7 Å². The second-order valence-electron chi connectivity index (χ2n) is 6.45. The molecule has 0 aromatic carbocycles. The highest BCUT2D eigenvalue weighted by Gasteiger charge is 2.29. The van der Waals surface area contributed by atoms with Crippen molar-refractivity contribution in [3.05, 3.63) is 34.2 Å². The zero-order chi connectivity index (χ0) is 16.8. The van der Waals surface area contributed by atoms with Gasteiger partial charge in [-0.15, -0.1) is 0 Å². The van der Waals surface area contributed by atoms with Gasteiger partial charge in [0.15, 0.2) is 5.69 Å². The number of halogens is 1. The minimum Gasteiger partial charge on any atom is -0.353 e. The van der Waals surface area contributed by atoms with E-state index in [9.17, 15) is 9.59 Å². The summed E-state index contributed by atoms with van der Waals surface area (Å²) in [6.45, 7) is 3.06. The first kappa shape index (κ1) is 15.4. The van der Waals surface area contributed by atoms with Crippen LogP contribution in [0.25, 0.3) is 5.65 Å². The monoisotopic (exact) mass is 346 g/mol. The van der Waals surface area contributed by atoms with Crippen LogP contribution in [0.1, 0.15) is 47.3 Å². The summed E-state index contributed by atoms with van der Waals surface area (Å²) in [6, 6.07) is 2.18. The molecule has 0 bridgehead atoms. The molecule has 3 heterocycles. The van der Waals surface area contributed by atoms with Gasteiger partial charge in [-0.2, -0.15) is 0 Å². The lowest BCUT2D eigenvalue weighted by atomic mass is 10.1. The minimum absolute atomic E-state index is 0.0526. The van der Waals surface area contributed by atoms with E-state index in [1.165, 1.54) is 23.3 Å². The van der Waals surface area contributed by atoms with Crippen LogP contribution in [0.5, 0.6) is 0 Å². The van der Waals surface area contributed by atoms with Crippen molar-refractivity contribution in [1.29, 1.82) is 0 Å². The van der Waals surface area contributed by atoms with E-state index in [0.29, 0.717) is 24.2 Å². The molecule has 2 amide bonds. The van der Waals surface area contributed by atoms with Crippen LogP contribution in [-0.2, 0) is 11.2 Å². The van der Waals surface area contributed by atoms with Crippen LogP contribution in [0.3, 0.4) is 0 Å². The molecule has 0 radical (unpaired) electrons. The number of amides is 2. The third-order valence-electron chi connectivity index (χ3n) is 4.72. The highest BCUT2D eigenvalue weighted by atomic mass is 35.5. The topological polar surface area (TPSA) is 66.7 Å². The molecule has 1 N–H and O–H groups in total. The van der Waals surface area contributed by atoms with Crippen molar-refractivity contribution in [3.63, 3.8) is 0 Å². The number of piperazine rings is 1. The summed E-state index contributed by atoms with van der Waals surface area (Å²) >= 11 is 6.49. The summed E-state index contributed by atoms with van der Waals surface area (Å²) < 4.78 is 1.82. The summed E-state index contributed by atoms with van der Waals surface area (Å²) in [4.78, 5) is 30.3. The molecular weight excluding hydrogens is 328 g/mol. The van der Waals surface area contributed by atoms with Crippen molar-refractivity contribution in [2.45, 2.75) is 32.1 Å². The SMILES string of the molecule is CCc1cc(C2CC2)cn2c(Cl)c(C(=O)N3CCNC(=O)C3)nc12. The van der Waals surface area contributed by atoms with E-state index in [2.05, 4.69) is 23.3 Å². The van der Waals surface area contributed by atoms with E-state index >= 15 is 0 Å². The number of rotatable bonds is 3. The Morgan fingerprint density at radius 1 is 1.46 bits per heavy atom. The van der Waals surface area contributed by atoms with Crippen LogP contribution in [0, 0.1) is 0 Å². The molecule has 0 spiro atoms. The Hall–Kier alpha value is -2.08. The molecule has 2 aromatic heterocycles. The van der Waals surface area contributed by atoms with E-state index in [-0.39, 0.29) is 24.1 Å². The number of pyridine rings is 1. The second-order valence-corrected chi connectivity index (χ2v) is 6.81. The molecule has 2 fully saturated rings. The molecule has 7 heteroatoms. The van der Waals surface area contributed by atoms with Crippen LogP contribution >= 0.6 is 11.6 Å². The fourth-order valence-electron chi connectivity index (χ4n) is 3.21. The molecule has 1 saturated carbocycles. The number of nitrogens with one attached hydrogen (secondary N) is 1. The maximum Gasteiger partial charge on any atom is 0.276 e. The molecule has 1 aliphatic carbocycles. The maximum absolute atomic E-state index is 12.8. The van der Waals surface area contributed by atoms with E-state index in [0.717, 1.165) is 17.6 Å². The molecule has 2 aliphatic rings. The van der Waals surface area contributed by atoms with Gasteiger partial charge >= 0.3 is 0 Å². The molecule has 0 unspecified atom stereocenters. The van der Waals surface area contributed by atoms with Crippen molar-refractivity contribution in [3.8, 4) is 0 Å². The second kappa shape index (κ2) is 5.77. The molecule has 4 rings (SSSR count). The Balaban J connectivity index is 1.77. The van der Waals surface area contributed by atoms with Gasteiger partial charge in [-0.1, -0.05) is 24.6 Å². The predicted molar refractivity (Wildman–Crippen MR) is 90.5 cm³/mol. The molecule has 1 saturated heterocycles. The van der Waals surface area contributed by atoms with Gasteiger partial charge in [0.05, 0.1) is 6.54 Å². The fraction of sp³-hybridized carbons (Fsp3) is 0.471. The van der Waals surface area contributed by atoms with Crippen molar-refractivity contribution in [1.82, 2.24) is 19.6 Å². The van der Waals surface area contributed by atoms with E-state index in [1.807, 2.05) is 10.6 Å². The number of fused-ring (bicyclic) bond motifs is 1. The molecule has 6 nitrogen and oxygen atoms in total. The lowest BCUT2D eigenvalue weighted by Crippen LogP contribution is -2.50. The van der Waals surface area contributed by atoms with Gasteiger partial charge in [0, 0.05) is 19.3 Å². The first-order chi connectivity index (χ1) is 11.6. The standard InChI is InChI=1S/C17H19ClN4O2/c1-2-10-7-12(11-3-4-11)8-22-15(18)14(20-16(10)22)17(24)21-6-5-19-13(23)9-21/h7-8,11H,2-6,9H2,1H3,(H,19,23). The lowest BCUT2D eigenvalue weighted by Gasteiger charge is -2.25. The Labute approximate surface area is 144 Å². The molecular formula is C17H19ClN4O2. The van der Waals surface area contributed by atoms with Crippen molar-refractivity contribution < 1.29 is 9.59 Å². The molecule has 0 atom stereocenters. The number of aryl methyl sites for hydroxylation is 1. The van der Waals surface area contributed by atoms with Gasteiger partial charge in [0.25, 0.3) is 5.91 Å². The van der Waals surface area contributed by atoms with Crippen LogP contribution < -0.4 is 5.32 Å². The van der Waals surface area contributed by atoms with Crippen molar-refractivity contribution >= 4 is 29.1 Å². The largest absolute Gasteiger partial charge is 0.353 e. The zero-order valence-electron chi connectivity index (χ0n) is 13.5. The number of hydrogen-bond donors (Lipinski definition) is 1. The molecule has 1 aliphatic heterocycles. The molecule has 2 aromatic rings. The minimum atomic E-state index is -0.284. The van der Waals surface area contributed by atoms with Gasteiger partial charge < -0.3 is 10.2 Å². The van der Waals surface area contributed by atoms with Gasteiger partial charge in [-0.05, 0) is 36.3 Å². The summed E-state index contributed by atoms with van der Waals surface area (Å²) in [5, 5.41) is 3.04. The Morgan fingerprint density at radius 3 is 2.92 bits per heavy atom. The van der Waals surface area contributed by atoms with Crippen LogP contribution in [0.15, 0.2) is 12.3 Å². The average molecular weight is 347 g/mol. The number of carbonyl (C=O) groups excluding carboxylic acids is 2. The first-order valence-electron chi connectivity index (χ1n) is 8.34. The number of imidazole rings is 1. The summed E-state index contributed by atoms with van der Waals surface area (Å²) in [5.41, 5.74) is 3.32. The zero-order valence-corrected chi connectivity index (χ0v) is 14.3. The highest BCUT2D eigenvalue weighted by molar-refractivity contribution is 6.33. The number of nitrogens with zero attached hydrogens (tertiary/aromatic N) is 3. The maximum atomic E-state index is 12.8. The summed E-state index contributed by atoms with van der Waals surface area (Å²) in [6.07, 6.45) is 5.24. The number of hydrogen-bond acceptors (Lipinski definition) is 3. The van der Waals surface area contributed by atoms with E-state index in [4.69, 9.17) is 11.6 Å². The van der Waals surface area contributed by atoms with Crippen LogP contribution in [0.2, 0.25) is 5.15 Å². The molecule has 126 valence electrons. The van der Waals surface area contributed by atoms with E-state index in [1.54, 1.807) is 0 Å².